The van der Waals surface area contributed by atoms with E-state index in [0.29, 0.717) is 23.9 Å². The molecule has 13 heteroatoms. The SMILES string of the molecule is COC(=O)N[C@H](C(=O)Nc1cccc(F)c1CC[C@H]1CNC[C@H](C)N1S(=O)(=O)c1ccc(OC)cc1)C(c1cccc(Cl)c1)C(C)C. The lowest BCUT2D eigenvalue weighted by Crippen LogP contribution is -2.58. The van der Waals surface area contributed by atoms with Crippen molar-refractivity contribution in [1.82, 2.24) is 14.9 Å². The van der Waals surface area contributed by atoms with Crippen molar-refractivity contribution in [1.29, 1.82) is 0 Å². The molecule has 3 aromatic carbocycles. The molecule has 0 radical (unpaired) electrons. The molecule has 1 saturated heterocycles. The molecule has 0 aliphatic carbocycles. The van der Waals surface area contributed by atoms with Gasteiger partial charge >= 0.3 is 6.09 Å². The lowest BCUT2D eigenvalue weighted by atomic mass is 9.82. The predicted molar refractivity (Wildman–Crippen MR) is 180 cm³/mol. The zero-order valence-electron chi connectivity index (χ0n) is 27.1. The van der Waals surface area contributed by atoms with Gasteiger partial charge in [-0.05, 0) is 79.8 Å². The third-order valence-electron chi connectivity index (χ3n) is 8.41. The van der Waals surface area contributed by atoms with Gasteiger partial charge in [0.25, 0.3) is 0 Å². The molecule has 1 aliphatic rings. The number of nitrogens with one attached hydrogen (secondary N) is 3. The minimum atomic E-state index is -3.89. The standard InChI is InChI=1S/C34H42ClFN4O6S/c1-21(2)31(23-8-6-9-24(35)18-23)32(39-34(42)46-5)33(41)38-30-11-7-10-29(36)28(30)17-12-25-20-37-19-22(3)40(25)47(43,44)27-15-13-26(45-4)14-16-27/h6-11,13-16,18,21-22,25,31-32,37H,12,17,19-20H2,1-5H3,(H,38,41)(H,39,42)/t22-,25-,31?,32-/m0/s1. The summed E-state index contributed by atoms with van der Waals surface area (Å²) in [4.78, 5) is 26.5. The van der Waals surface area contributed by atoms with E-state index in [1.807, 2.05) is 26.8 Å². The van der Waals surface area contributed by atoms with Crippen LogP contribution in [0, 0.1) is 11.7 Å². The fourth-order valence-corrected chi connectivity index (χ4v) is 8.21. The highest BCUT2D eigenvalue weighted by Crippen LogP contribution is 2.32. The minimum Gasteiger partial charge on any atom is -0.497 e. The number of hydrogen-bond acceptors (Lipinski definition) is 7. The van der Waals surface area contributed by atoms with Crippen molar-refractivity contribution in [2.45, 2.75) is 62.6 Å². The summed E-state index contributed by atoms with van der Waals surface area (Å²) in [6, 6.07) is 15.7. The van der Waals surface area contributed by atoms with Crippen LogP contribution in [0.15, 0.2) is 71.6 Å². The van der Waals surface area contributed by atoms with Crippen LogP contribution < -0.4 is 20.7 Å². The number of benzene rings is 3. The van der Waals surface area contributed by atoms with Crippen LogP contribution in [0.4, 0.5) is 14.9 Å². The van der Waals surface area contributed by atoms with E-state index < -0.39 is 45.8 Å². The van der Waals surface area contributed by atoms with Crippen LogP contribution in [0.3, 0.4) is 0 Å². The van der Waals surface area contributed by atoms with Crippen molar-refractivity contribution in [2.75, 3.05) is 32.6 Å². The summed E-state index contributed by atoms with van der Waals surface area (Å²) in [6.45, 7) is 6.50. The average Bonchev–Trinajstić information content (AvgIpc) is 3.03. The number of hydrogen-bond donors (Lipinski definition) is 3. The van der Waals surface area contributed by atoms with E-state index in [0.717, 1.165) is 5.56 Å². The van der Waals surface area contributed by atoms with Crippen molar-refractivity contribution in [3.8, 4) is 5.75 Å². The van der Waals surface area contributed by atoms with Gasteiger partial charge in [0.1, 0.15) is 17.6 Å². The normalized spacial score (nSPS) is 18.3. The number of methoxy groups -OCH3 is 2. The Bertz CT molecular complexity index is 1660. The van der Waals surface area contributed by atoms with Crippen molar-refractivity contribution in [2.24, 2.45) is 5.92 Å². The number of sulfonamides is 1. The summed E-state index contributed by atoms with van der Waals surface area (Å²) in [5, 5.41) is 9.25. The van der Waals surface area contributed by atoms with Crippen molar-refractivity contribution in [3.63, 3.8) is 0 Å². The molecule has 0 aromatic heterocycles. The lowest BCUT2D eigenvalue weighted by Gasteiger charge is -2.40. The first-order valence-electron chi connectivity index (χ1n) is 15.4. The number of halogens is 2. The summed E-state index contributed by atoms with van der Waals surface area (Å²) in [5.74, 6) is -1.20. The molecule has 0 spiro atoms. The van der Waals surface area contributed by atoms with Gasteiger partial charge in [0.2, 0.25) is 15.9 Å². The lowest BCUT2D eigenvalue weighted by molar-refractivity contribution is -0.118. The number of amides is 2. The molecule has 2 amide bonds. The largest absolute Gasteiger partial charge is 0.497 e. The van der Waals surface area contributed by atoms with Crippen molar-refractivity contribution in [3.05, 3.63) is 88.7 Å². The second-order valence-corrected chi connectivity index (χ2v) is 14.2. The highest BCUT2D eigenvalue weighted by molar-refractivity contribution is 7.89. The Morgan fingerprint density at radius 3 is 2.40 bits per heavy atom. The molecule has 1 fully saturated rings. The molecular formula is C34H42ClFN4O6S. The van der Waals surface area contributed by atoms with E-state index in [9.17, 15) is 18.0 Å². The quantitative estimate of drug-likeness (QED) is 0.227. The second-order valence-electron chi connectivity index (χ2n) is 11.9. The highest BCUT2D eigenvalue weighted by Gasteiger charge is 2.38. The van der Waals surface area contributed by atoms with Crippen LogP contribution in [0.25, 0.3) is 0 Å². The Labute approximate surface area is 281 Å². The Hall–Kier alpha value is -3.71. The topological polar surface area (TPSA) is 126 Å². The first-order valence-corrected chi connectivity index (χ1v) is 17.3. The first-order chi connectivity index (χ1) is 22.4. The summed E-state index contributed by atoms with van der Waals surface area (Å²) in [7, 11) is -1.17. The van der Waals surface area contributed by atoms with Crippen LogP contribution >= 0.6 is 11.6 Å². The summed E-state index contributed by atoms with van der Waals surface area (Å²) < 4.78 is 54.6. The molecule has 4 rings (SSSR count). The molecule has 47 heavy (non-hydrogen) atoms. The highest BCUT2D eigenvalue weighted by atomic mass is 35.5. The molecule has 0 saturated carbocycles. The van der Waals surface area contributed by atoms with Gasteiger partial charge in [-0.15, -0.1) is 0 Å². The van der Waals surface area contributed by atoms with Gasteiger partial charge in [-0.2, -0.15) is 4.31 Å². The Kier molecular flexibility index (Phi) is 12.2. The maximum Gasteiger partial charge on any atom is 0.407 e. The van der Waals surface area contributed by atoms with E-state index in [4.69, 9.17) is 21.1 Å². The van der Waals surface area contributed by atoms with Gasteiger partial charge in [-0.25, -0.2) is 17.6 Å². The molecule has 3 N–H and O–H groups in total. The number of anilines is 1. The number of nitrogens with zero attached hydrogens (tertiary/aromatic N) is 1. The first kappa shape index (κ1) is 36.1. The third-order valence-corrected chi connectivity index (χ3v) is 10.7. The van der Waals surface area contributed by atoms with E-state index >= 15 is 4.39 Å². The summed E-state index contributed by atoms with van der Waals surface area (Å²) in [6.07, 6.45) is -0.390. The molecule has 3 aromatic rings. The number of alkyl carbamates (subject to hydrolysis) is 1. The van der Waals surface area contributed by atoms with E-state index in [1.165, 1.54) is 42.8 Å². The molecule has 1 heterocycles. The molecule has 1 unspecified atom stereocenters. The van der Waals surface area contributed by atoms with Gasteiger partial charge < -0.3 is 25.4 Å². The van der Waals surface area contributed by atoms with Crippen LogP contribution in [-0.4, -0.2) is 70.2 Å². The Balaban J connectivity index is 1.61. The van der Waals surface area contributed by atoms with Crippen LogP contribution in [-0.2, 0) is 26.0 Å². The molecule has 254 valence electrons. The zero-order chi connectivity index (χ0) is 34.3. The monoisotopic (exact) mass is 688 g/mol. The van der Waals surface area contributed by atoms with Crippen molar-refractivity contribution < 1.29 is 31.9 Å². The third kappa shape index (κ3) is 8.61. The summed E-state index contributed by atoms with van der Waals surface area (Å²) >= 11 is 6.27. The molecule has 0 bridgehead atoms. The minimum absolute atomic E-state index is 0.118. The van der Waals surface area contributed by atoms with Crippen LogP contribution in [0.2, 0.25) is 5.02 Å². The summed E-state index contributed by atoms with van der Waals surface area (Å²) in [5.41, 5.74) is 1.18. The van der Waals surface area contributed by atoms with Gasteiger partial charge in [0.15, 0.2) is 0 Å². The maximum atomic E-state index is 15.4. The Morgan fingerprint density at radius 2 is 1.77 bits per heavy atom. The van der Waals surface area contributed by atoms with Crippen LogP contribution in [0.1, 0.15) is 44.2 Å². The van der Waals surface area contributed by atoms with Gasteiger partial charge in [0, 0.05) is 47.4 Å². The predicted octanol–water partition coefficient (Wildman–Crippen LogP) is 5.57. The zero-order valence-corrected chi connectivity index (χ0v) is 28.7. The van der Waals surface area contributed by atoms with Gasteiger partial charge in [-0.3, -0.25) is 4.79 Å². The number of ether oxygens (including phenoxy) is 2. The molecule has 1 aliphatic heterocycles. The fourth-order valence-electron chi connectivity index (χ4n) is 6.16. The van der Waals surface area contributed by atoms with Gasteiger partial charge in [-0.1, -0.05) is 43.6 Å². The second kappa shape index (κ2) is 15.9. The smallest absolute Gasteiger partial charge is 0.407 e. The number of carbonyl (C=O) groups excluding carboxylic acids is 2. The number of piperazine rings is 1. The van der Waals surface area contributed by atoms with Crippen LogP contribution in [0.5, 0.6) is 5.75 Å². The Morgan fingerprint density at radius 1 is 1.06 bits per heavy atom. The average molecular weight is 689 g/mol. The van der Waals surface area contributed by atoms with E-state index in [-0.39, 0.29) is 40.9 Å². The van der Waals surface area contributed by atoms with E-state index in [2.05, 4.69) is 16.0 Å². The number of rotatable bonds is 12. The maximum absolute atomic E-state index is 15.4. The van der Waals surface area contributed by atoms with Crippen molar-refractivity contribution >= 4 is 39.3 Å². The molecule has 10 nitrogen and oxygen atoms in total. The van der Waals surface area contributed by atoms with E-state index in [1.54, 1.807) is 36.4 Å². The van der Waals surface area contributed by atoms with Gasteiger partial charge in [0.05, 0.1) is 19.1 Å². The number of carbonyl (C=O) groups is 2. The molecule has 4 atom stereocenters. The molecular weight excluding hydrogens is 647 g/mol. The fraction of sp³-hybridized carbons (Fsp3) is 0.412.